The molecule has 0 bridgehead atoms. The van der Waals surface area contributed by atoms with Gasteiger partial charge in [0, 0.05) is 30.8 Å². The molecule has 2 aliphatic heterocycles. The molecule has 104 valence electrons. The third-order valence-corrected chi connectivity index (χ3v) is 3.70. The minimum atomic E-state index is -0.250. The van der Waals surface area contributed by atoms with Gasteiger partial charge in [0.2, 0.25) is 0 Å². The van der Waals surface area contributed by atoms with E-state index < -0.39 is 0 Å². The Morgan fingerprint density at radius 1 is 1.32 bits per heavy atom. The molecule has 1 saturated heterocycles. The van der Waals surface area contributed by atoms with Crippen molar-refractivity contribution < 1.29 is 19.0 Å². The van der Waals surface area contributed by atoms with Gasteiger partial charge >= 0.3 is 0 Å². The van der Waals surface area contributed by atoms with Gasteiger partial charge in [-0.15, -0.1) is 0 Å². The van der Waals surface area contributed by atoms with Crippen molar-refractivity contribution in [1.29, 1.82) is 0 Å². The Hall–Kier alpha value is -1.17. The zero-order valence-electron chi connectivity index (χ0n) is 10.8. The molecule has 0 radical (unpaired) electrons. The van der Waals surface area contributed by atoms with Crippen LogP contribution in [0.4, 0.5) is 4.39 Å². The Morgan fingerprint density at radius 3 is 2.89 bits per heavy atom. The number of aliphatic hydroxyl groups is 1. The van der Waals surface area contributed by atoms with Crippen LogP contribution in [0.2, 0.25) is 0 Å². The number of aliphatic hydroxyl groups excluding tert-OH is 1. The number of nitrogens with zero attached hydrogens (tertiary/aromatic N) is 1. The van der Waals surface area contributed by atoms with Gasteiger partial charge in [-0.05, 0) is 25.0 Å². The van der Waals surface area contributed by atoms with Crippen molar-refractivity contribution in [2.45, 2.75) is 32.1 Å². The van der Waals surface area contributed by atoms with Crippen LogP contribution in [0.1, 0.15) is 24.0 Å². The highest BCUT2D eigenvalue weighted by molar-refractivity contribution is 5.42. The first-order valence-electron chi connectivity index (χ1n) is 6.64. The number of likely N-dealkylation sites (tertiary alicyclic amines) is 1. The SMILES string of the molecule is OC1CCN(Cc2cc(F)cc3c2OCOC3)CC1. The van der Waals surface area contributed by atoms with Gasteiger partial charge in [0.15, 0.2) is 6.79 Å². The Kier molecular flexibility index (Phi) is 3.68. The molecule has 2 heterocycles. The highest BCUT2D eigenvalue weighted by Crippen LogP contribution is 2.30. The van der Waals surface area contributed by atoms with Crippen molar-refractivity contribution >= 4 is 0 Å². The first-order valence-corrected chi connectivity index (χ1v) is 6.64. The van der Waals surface area contributed by atoms with E-state index in [1.807, 2.05) is 0 Å². The summed E-state index contributed by atoms with van der Waals surface area (Å²) in [6, 6.07) is 3.01. The molecule has 3 rings (SSSR count). The second-order valence-corrected chi connectivity index (χ2v) is 5.17. The summed E-state index contributed by atoms with van der Waals surface area (Å²) in [7, 11) is 0. The molecule has 1 aromatic rings. The Balaban J connectivity index is 1.78. The second-order valence-electron chi connectivity index (χ2n) is 5.17. The smallest absolute Gasteiger partial charge is 0.189 e. The topological polar surface area (TPSA) is 41.9 Å². The molecule has 2 aliphatic rings. The van der Waals surface area contributed by atoms with Gasteiger partial charge in [-0.3, -0.25) is 4.90 Å². The molecule has 1 aromatic carbocycles. The fourth-order valence-corrected chi connectivity index (χ4v) is 2.69. The van der Waals surface area contributed by atoms with Crippen LogP contribution >= 0.6 is 0 Å². The molecule has 0 aromatic heterocycles. The van der Waals surface area contributed by atoms with Crippen molar-refractivity contribution in [3.05, 3.63) is 29.1 Å². The predicted octanol–water partition coefficient (Wildman–Crippen LogP) is 1.65. The number of rotatable bonds is 2. The first-order chi connectivity index (χ1) is 9.22. The largest absolute Gasteiger partial charge is 0.467 e. The van der Waals surface area contributed by atoms with Crippen LogP contribution in [-0.4, -0.2) is 36.0 Å². The number of fused-ring (bicyclic) bond motifs is 1. The fraction of sp³-hybridized carbons (Fsp3) is 0.571. The van der Waals surface area contributed by atoms with Crippen molar-refractivity contribution in [2.24, 2.45) is 0 Å². The van der Waals surface area contributed by atoms with E-state index in [0.29, 0.717) is 13.2 Å². The first kappa shape index (κ1) is 12.8. The van der Waals surface area contributed by atoms with Crippen LogP contribution in [0.15, 0.2) is 12.1 Å². The lowest BCUT2D eigenvalue weighted by Gasteiger charge is -2.30. The van der Waals surface area contributed by atoms with Crippen molar-refractivity contribution in [3.8, 4) is 5.75 Å². The van der Waals surface area contributed by atoms with Crippen LogP contribution in [0.5, 0.6) is 5.75 Å². The van der Waals surface area contributed by atoms with Gasteiger partial charge < -0.3 is 14.6 Å². The van der Waals surface area contributed by atoms with Crippen molar-refractivity contribution in [2.75, 3.05) is 19.9 Å². The molecule has 0 amide bonds. The summed E-state index contributed by atoms with van der Waals surface area (Å²) in [4.78, 5) is 2.22. The summed E-state index contributed by atoms with van der Waals surface area (Å²) in [6.45, 7) is 2.96. The van der Waals surface area contributed by atoms with Gasteiger partial charge in [-0.2, -0.15) is 0 Å². The number of benzene rings is 1. The number of hydrogen-bond donors (Lipinski definition) is 1. The minimum absolute atomic E-state index is 0.192. The monoisotopic (exact) mass is 267 g/mol. The van der Waals surface area contributed by atoms with Crippen LogP contribution in [0.3, 0.4) is 0 Å². The number of piperidine rings is 1. The standard InChI is InChI=1S/C14H18FNO3/c15-12-5-10(7-16-3-1-13(17)2-4-16)14-11(6-12)8-18-9-19-14/h5-6,13,17H,1-4,7-9H2. The second kappa shape index (κ2) is 5.45. The number of hydrogen-bond acceptors (Lipinski definition) is 4. The fourth-order valence-electron chi connectivity index (χ4n) is 2.69. The summed E-state index contributed by atoms with van der Waals surface area (Å²) in [5.41, 5.74) is 1.65. The molecule has 1 fully saturated rings. The molecule has 4 nitrogen and oxygen atoms in total. The molecule has 5 heteroatoms. The van der Waals surface area contributed by atoms with Crippen LogP contribution in [0.25, 0.3) is 0 Å². The normalized spacial score (nSPS) is 20.9. The maximum absolute atomic E-state index is 13.6. The van der Waals surface area contributed by atoms with E-state index in [1.165, 1.54) is 12.1 Å². The molecule has 0 atom stereocenters. The Morgan fingerprint density at radius 2 is 2.11 bits per heavy atom. The molecule has 1 N–H and O–H groups in total. The maximum Gasteiger partial charge on any atom is 0.189 e. The summed E-state index contributed by atoms with van der Waals surface area (Å²) in [5, 5.41) is 9.50. The number of ether oxygens (including phenoxy) is 2. The Bertz CT molecular complexity index is 458. The highest BCUT2D eigenvalue weighted by atomic mass is 19.1. The van der Waals surface area contributed by atoms with E-state index in [4.69, 9.17) is 9.47 Å². The van der Waals surface area contributed by atoms with E-state index in [0.717, 1.165) is 42.8 Å². The molecule has 19 heavy (non-hydrogen) atoms. The third-order valence-electron chi connectivity index (χ3n) is 3.70. The molecular weight excluding hydrogens is 249 g/mol. The zero-order valence-corrected chi connectivity index (χ0v) is 10.8. The van der Waals surface area contributed by atoms with E-state index in [1.54, 1.807) is 0 Å². The lowest BCUT2D eigenvalue weighted by atomic mass is 10.0. The van der Waals surface area contributed by atoms with Gasteiger partial charge in [0.1, 0.15) is 11.6 Å². The lowest BCUT2D eigenvalue weighted by Crippen LogP contribution is -2.35. The average Bonchev–Trinajstić information content (AvgIpc) is 2.41. The zero-order chi connectivity index (χ0) is 13.2. The van der Waals surface area contributed by atoms with Gasteiger partial charge in [0.05, 0.1) is 12.7 Å². The minimum Gasteiger partial charge on any atom is -0.467 e. The predicted molar refractivity (Wildman–Crippen MR) is 67.2 cm³/mol. The van der Waals surface area contributed by atoms with Crippen LogP contribution in [-0.2, 0) is 17.9 Å². The summed E-state index contributed by atoms with van der Waals surface area (Å²) in [6.07, 6.45) is 1.37. The van der Waals surface area contributed by atoms with Gasteiger partial charge in [0.25, 0.3) is 0 Å². The van der Waals surface area contributed by atoms with Gasteiger partial charge in [-0.25, -0.2) is 4.39 Å². The Labute approximate surface area is 111 Å². The van der Waals surface area contributed by atoms with E-state index in [9.17, 15) is 9.50 Å². The summed E-state index contributed by atoms with van der Waals surface area (Å²) in [5.74, 6) is 0.513. The molecule has 0 aliphatic carbocycles. The third kappa shape index (κ3) is 2.88. The van der Waals surface area contributed by atoms with Crippen molar-refractivity contribution in [1.82, 2.24) is 4.90 Å². The van der Waals surface area contributed by atoms with Gasteiger partial charge in [-0.1, -0.05) is 0 Å². The summed E-state index contributed by atoms with van der Waals surface area (Å²) < 4.78 is 24.3. The molecule has 0 spiro atoms. The van der Waals surface area contributed by atoms with E-state index in [-0.39, 0.29) is 18.7 Å². The average molecular weight is 267 g/mol. The summed E-state index contributed by atoms with van der Waals surface area (Å²) >= 11 is 0. The van der Waals surface area contributed by atoms with E-state index in [2.05, 4.69) is 4.90 Å². The maximum atomic E-state index is 13.6. The lowest BCUT2D eigenvalue weighted by molar-refractivity contribution is -0.0179. The molecule has 0 saturated carbocycles. The molecular formula is C14H18FNO3. The van der Waals surface area contributed by atoms with E-state index >= 15 is 0 Å². The van der Waals surface area contributed by atoms with Crippen LogP contribution < -0.4 is 4.74 Å². The number of halogens is 1. The highest BCUT2D eigenvalue weighted by Gasteiger charge is 2.21. The quantitative estimate of drug-likeness (QED) is 0.884. The molecule has 0 unspecified atom stereocenters. The van der Waals surface area contributed by atoms with Crippen LogP contribution in [0, 0.1) is 5.82 Å². The van der Waals surface area contributed by atoms with Crippen molar-refractivity contribution in [3.63, 3.8) is 0 Å².